The third kappa shape index (κ3) is 3.15. The molecule has 0 atom stereocenters. The molecule has 106 valence electrons. The number of nitrogens with one attached hydrogen (secondary N) is 1. The number of carbonyl (C=O) groups excluding carboxylic acids is 1. The topological polar surface area (TPSA) is 78.8 Å². The number of carbonyl (C=O) groups is 1. The molecule has 0 bridgehead atoms. The van der Waals surface area contributed by atoms with Crippen molar-refractivity contribution in [3.63, 3.8) is 0 Å². The number of nitrogens with zero attached hydrogens (tertiary/aromatic N) is 2. The lowest BCUT2D eigenvalue weighted by atomic mass is 9.95. The molecule has 2 rings (SSSR count). The van der Waals surface area contributed by atoms with Crippen molar-refractivity contribution in [3.8, 4) is 0 Å². The van der Waals surface area contributed by atoms with E-state index in [9.17, 15) is 13.2 Å². The molecule has 2 aliphatic rings. The standard InChI is InChI=1S/C12H19N3O3S/c1-9-11(8-15(2)19(17,18)14-9)12(16)13-10-6-4-3-5-7-10/h8,10H,3-7H2,1-2H3,(H,13,16). The van der Waals surface area contributed by atoms with E-state index in [0.29, 0.717) is 5.57 Å². The lowest BCUT2D eigenvalue weighted by molar-refractivity contribution is -0.117. The van der Waals surface area contributed by atoms with Gasteiger partial charge < -0.3 is 5.32 Å². The molecule has 0 unspecified atom stereocenters. The van der Waals surface area contributed by atoms with Gasteiger partial charge in [-0.3, -0.25) is 9.10 Å². The molecule has 0 aromatic carbocycles. The Kier molecular flexibility index (Phi) is 3.93. The molecule has 1 aliphatic carbocycles. The van der Waals surface area contributed by atoms with Crippen molar-refractivity contribution in [1.82, 2.24) is 9.62 Å². The van der Waals surface area contributed by atoms with Gasteiger partial charge >= 0.3 is 10.2 Å². The highest BCUT2D eigenvalue weighted by molar-refractivity contribution is 7.88. The van der Waals surface area contributed by atoms with Gasteiger partial charge in [-0.05, 0) is 19.8 Å². The summed E-state index contributed by atoms with van der Waals surface area (Å²) in [5, 5.41) is 2.96. The first-order valence-electron chi connectivity index (χ1n) is 6.48. The maximum absolute atomic E-state index is 12.2. The number of rotatable bonds is 2. The summed E-state index contributed by atoms with van der Waals surface area (Å²) in [4.78, 5) is 12.2. The average Bonchev–Trinajstić information content (AvgIpc) is 2.34. The van der Waals surface area contributed by atoms with Crippen molar-refractivity contribution in [1.29, 1.82) is 0 Å². The molecule has 1 saturated carbocycles. The van der Waals surface area contributed by atoms with Crippen LogP contribution in [-0.2, 0) is 15.0 Å². The quantitative estimate of drug-likeness (QED) is 0.821. The molecule has 1 N–H and O–H groups in total. The van der Waals surface area contributed by atoms with E-state index < -0.39 is 10.2 Å². The molecule has 1 fully saturated rings. The Balaban J connectivity index is 2.09. The second kappa shape index (κ2) is 5.32. The molecule has 1 aliphatic heterocycles. The Bertz CT molecular complexity index is 530. The molecule has 7 heteroatoms. The van der Waals surface area contributed by atoms with Crippen molar-refractivity contribution >= 4 is 21.8 Å². The fourth-order valence-corrected chi connectivity index (χ4v) is 3.17. The third-order valence-electron chi connectivity index (χ3n) is 3.50. The summed E-state index contributed by atoms with van der Waals surface area (Å²) in [6.07, 6.45) is 6.79. The van der Waals surface area contributed by atoms with Crippen LogP contribution in [0.4, 0.5) is 0 Å². The van der Waals surface area contributed by atoms with Crippen LogP contribution in [0.2, 0.25) is 0 Å². The Labute approximate surface area is 113 Å². The average molecular weight is 285 g/mol. The second-order valence-corrected chi connectivity index (χ2v) is 6.68. The van der Waals surface area contributed by atoms with E-state index in [0.717, 1.165) is 30.0 Å². The monoisotopic (exact) mass is 285 g/mol. The summed E-state index contributed by atoms with van der Waals surface area (Å²) in [5.74, 6) is -0.241. The predicted molar refractivity (Wildman–Crippen MR) is 72.9 cm³/mol. The van der Waals surface area contributed by atoms with E-state index in [1.807, 2.05) is 0 Å². The molecule has 6 nitrogen and oxygen atoms in total. The molecule has 1 heterocycles. The maximum Gasteiger partial charge on any atom is 0.344 e. The van der Waals surface area contributed by atoms with Crippen LogP contribution < -0.4 is 5.32 Å². The zero-order valence-electron chi connectivity index (χ0n) is 11.2. The summed E-state index contributed by atoms with van der Waals surface area (Å²) in [7, 11) is -2.27. The minimum atomic E-state index is -3.65. The van der Waals surface area contributed by atoms with Crippen LogP contribution in [0.1, 0.15) is 39.0 Å². The van der Waals surface area contributed by atoms with E-state index in [1.54, 1.807) is 0 Å². The van der Waals surface area contributed by atoms with Gasteiger partial charge in [-0.1, -0.05) is 19.3 Å². The van der Waals surface area contributed by atoms with Gasteiger partial charge in [-0.15, -0.1) is 4.40 Å². The van der Waals surface area contributed by atoms with Gasteiger partial charge in [0.15, 0.2) is 0 Å². The molecule has 0 aromatic rings. The summed E-state index contributed by atoms with van der Waals surface area (Å²) in [6, 6.07) is 0.193. The molecular formula is C12H19N3O3S. The SMILES string of the molecule is CC1=NS(=O)(=O)N(C)C=C1C(=O)NC1CCCCC1. The van der Waals surface area contributed by atoms with E-state index in [4.69, 9.17) is 0 Å². The predicted octanol–water partition coefficient (Wildman–Crippen LogP) is 0.970. The Morgan fingerprint density at radius 2 is 2.00 bits per heavy atom. The Morgan fingerprint density at radius 1 is 1.37 bits per heavy atom. The van der Waals surface area contributed by atoms with Crippen molar-refractivity contribution < 1.29 is 13.2 Å². The van der Waals surface area contributed by atoms with Gasteiger partial charge in [0.25, 0.3) is 5.91 Å². The van der Waals surface area contributed by atoms with Crippen molar-refractivity contribution in [2.45, 2.75) is 45.1 Å². The van der Waals surface area contributed by atoms with Crippen LogP contribution in [0.15, 0.2) is 16.2 Å². The molecule has 1 amide bonds. The van der Waals surface area contributed by atoms with Crippen LogP contribution in [-0.4, -0.2) is 37.4 Å². The number of hydrogen-bond acceptors (Lipinski definition) is 3. The molecule has 0 spiro atoms. The first kappa shape index (κ1) is 14.0. The van der Waals surface area contributed by atoms with Crippen LogP contribution >= 0.6 is 0 Å². The van der Waals surface area contributed by atoms with Crippen molar-refractivity contribution in [2.75, 3.05) is 7.05 Å². The second-order valence-electron chi connectivity index (χ2n) is 5.02. The largest absolute Gasteiger partial charge is 0.349 e. The first-order chi connectivity index (χ1) is 8.90. The fourth-order valence-electron chi connectivity index (χ4n) is 2.36. The molecular weight excluding hydrogens is 266 g/mol. The lowest BCUT2D eigenvalue weighted by Gasteiger charge is -2.25. The minimum Gasteiger partial charge on any atom is -0.349 e. The summed E-state index contributed by atoms with van der Waals surface area (Å²) in [5.41, 5.74) is 0.564. The number of amides is 1. The van der Waals surface area contributed by atoms with Gasteiger partial charge in [-0.25, -0.2) is 0 Å². The smallest absolute Gasteiger partial charge is 0.344 e. The Hall–Kier alpha value is -1.37. The number of hydrogen-bond donors (Lipinski definition) is 1. The fraction of sp³-hybridized carbons (Fsp3) is 0.667. The van der Waals surface area contributed by atoms with Gasteiger partial charge in [0.05, 0.1) is 11.3 Å². The Morgan fingerprint density at radius 3 is 2.63 bits per heavy atom. The van der Waals surface area contributed by atoms with Crippen molar-refractivity contribution in [3.05, 3.63) is 11.8 Å². The van der Waals surface area contributed by atoms with E-state index in [1.165, 1.54) is 26.6 Å². The van der Waals surface area contributed by atoms with E-state index in [2.05, 4.69) is 9.71 Å². The summed E-state index contributed by atoms with van der Waals surface area (Å²) >= 11 is 0. The highest BCUT2D eigenvalue weighted by atomic mass is 32.2. The normalized spacial score (nSPS) is 23.6. The van der Waals surface area contributed by atoms with Gasteiger partial charge in [0.2, 0.25) is 0 Å². The third-order valence-corrected chi connectivity index (χ3v) is 4.84. The first-order valence-corrected chi connectivity index (χ1v) is 7.87. The van der Waals surface area contributed by atoms with Crippen LogP contribution in [0, 0.1) is 0 Å². The van der Waals surface area contributed by atoms with Gasteiger partial charge in [0, 0.05) is 19.3 Å². The van der Waals surface area contributed by atoms with Crippen molar-refractivity contribution in [2.24, 2.45) is 4.40 Å². The highest BCUT2D eigenvalue weighted by Gasteiger charge is 2.26. The summed E-state index contributed by atoms with van der Waals surface area (Å²) in [6.45, 7) is 1.54. The summed E-state index contributed by atoms with van der Waals surface area (Å²) < 4.78 is 27.6. The van der Waals surface area contributed by atoms with Crippen LogP contribution in [0.25, 0.3) is 0 Å². The van der Waals surface area contributed by atoms with E-state index >= 15 is 0 Å². The zero-order valence-corrected chi connectivity index (χ0v) is 12.0. The molecule has 0 radical (unpaired) electrons. The minimum absolute atomic E-state index is 0.193. The zero-order chi connectivity index (χ0) is 14.0. The van der Waals surface area contributed by atoms with Crippen LogP contribution in [0.5, 0.6) is 0 Å². The molecule has 0 aromatic heterocycles. The van der Waals surface area contributed by atoms with Gasteiger partial charge in [0.1, 0.15) is 0 Å². The lowest BCUT2D eigenvalue weighted by Crippen LogP contribution is -2.40. The van der Waals surface area contributed by atoms with E-state index in [-0.39, 0.29) is 17.7 Å². The van der Waals surface area contributed by atoms with Crippen LogP contribution in [0.3, 0.4) is 0 Å². The van der Waals surface area contributed by atoms with Gasteiger partial charge in [-0.2, -0.15) is 8.42 Å². The maximum atomic E-state index is 12.2. The highest BCUT2D eigenvalue weighted by Crippen LogP contribution is 2.19. The molecule has 19 heavy (non-hydrogen) atoms. The molecule has 0 saturated heterocycles.